The molecule has 0 N–H and O–H groups in total. The zero-order valence-corrected chi connectivity index (χ0v) is 10.4. The van der Waals surface area contributed by atoms with Crippen LogP contribution in [0.1, 0.15) is 26.3 Å². The van der Waals surface area contributed by atoms with Gasteiger partial charge in [-0.05, 0) is 18.4 Å². The lowest BCUT2D eigenvalue weighted by molar-refractivity contribution is -0.130. The standard InChI is InChI=1S/C12H20N2O2/c1-5-14-8-10(7-13-14)6-11(15)12(16-4)9(2)3/h7-9,12H,5-6H2,1-4H3. The monoisotopic (exact) mass is 224 g/mol. The van der Waals surface area contributed by atoms with Crippen LogP contribution in [0, 0.1) is 5.92 Å². The molecule has 0 amide bonds. The number of ketones is 1. The van der Waals surface area contributed by atoms with E-state index in [0.29, 0.717) is 6.42 Å². The van der Waals surface area contributed by atoms with Crippen LogP contribution < -0.4 is 0 Å². The average molecular weight is 224 g/mol. The summed E-state index contributed by atoms with van der Waals surface area (Å²) in [6.45, 7) is 6.82. The van der Waals surface area contributed by atoms with Crippen molar-refractivity contribution in [3.05, 3.63) is 18.0 Å². The van der Waals surface area contributed by atoms with Gasteiger partial charge in [0, 0.05) is 26.3 Å². The second kappa shape index (κ2) is 5.80. The summed E-state index contributed by atoms with van der Waals surface area (Å²) in [7, 11) is 1.58. The highest BCUT2D eigenvalue weighted by Crippen LogP contribution is 2.10. The van der Waals surface area contributed by atoms with Crippen LogP contribution >= 0.6 is 0 Å². The second-order valence-corrected chi connectivity index (χ2v) is 4.25. The highest BCUT2D eigenvalue weighted by molar-refractivity contribution is 5.85. The van der Waals surface area contributed by atoms with E-state index in [-0.39, 0.29) is 17.8 Å². The molecule has 1 aromatic heterocycles. The maximum Gasteiger partial charge on any atom is 0.166 e. The Balaban J connectivity index is 2.62. The molecular formula is C12H20N2O2. The quantitative estimate of drug-likeness (QED) is 0.738. The summed E-state index contributed by atoms with van der Waals surface area (Å²) in [5, 5.41) is 4.14. The summed E-state index contributed by atoms with van der Waals surface area (Å²) in [4.78, 5) is 11.9. The molecule has 0 aliphatic rings. The molecule has 0 fully saturated rings. The second-order valence-electron chi connectivity index (χ2n) is 4.25. The van der Waals surface area contributed by atoms with Crippen molar-refractivity contribution in [1.29, 1.82) is 0 Å². The summed E-state index contributed by atoms with van der Waals surface area (Å²) < 4.78 is 7.02. The predicted octanol–water partition coefficient (Wildman–Crippen LogP) is 1.69. The summed E-state index contributed by atoms with van der Waals surface area (Å²) in [6.07, 6.45) is 3.74. The maximum absolute atomic E-state index is 11.9. The van der Waals surface area contributed by atoms with Gasteiger partial charge in [-0.1, -0.05) is 13.8 Å². The fraction of sp³-hybridized carbons (Fsp3) is 0.667. The predicted molar refractivity (Wildman–Crippen MR) is 62.2 cm³/mol. The summed E-state index contributed by atoms with van der Waals surface area (Å²) in [6, 6.07) is 0. The van der Waals surface area contributed by atoms with Gasteiger partial charge in [-0.3, -0.25) is 9.48 Å². The molecule has 0 saturated carbocycles. The fourth-order valence-electron chi connectivity index (χ4n) is 1.75. The van der Waals surface area contributed by atoms with E-state index in [2.05, 4.69) is 5.10 Å². The first-order valence-corrected chi connectivity index (χ1v) is 5.65. The molecule has 1 atom stereocenters. The number of nitrogens with zero attached hydrogens (tertiary/aromatic N) is 2. The maximum atomic E-state index is 11.9. The highest BCUT2D eigenvalue weighted by Gasteiger charge is 2.21. The first kappa shape index (κ1) is 12.9. The van der Waals surface area contributed by atoms with E-state index in [1.807, 2.05) is 31.6 Å². The van der Waals surface area contributed by atoms with Gasteiger partial charge in [0.15, 0.2) is 5.78 Å². The topological polar surface area (TPSA) is 44.1 Å². The first-order chi connectivity index (χ1) is 7.58. The number of Topliss-reactive ketones (excluding diaryl/α,β-unsaturated/α-hetero) is 1. The lowest BCUT2D eigenvalue weighted by atomic mass is 9.99. The number of carbonyl (C=O) groups is 1. The van der Waals surface area contributed by atoms with Crippen LogP contribution in [0.2, 0.25) is 0 Å². The van der Waals surface area contributed by atoms with Crippen molar-refractivity contribution in [2.45, 2.75) is 39.8 Å². The molecule has 0 aliphatic heterocycles. The van der Waals surface area contributed by atoms with Gasteiger partial charge in [0.1, 0.15) is 6.10 Å². The molecule has 16 heavy (non-hydrogen) atoms. The molecule has 0 spiro atoms. The van der Waals surface area contributed by atoms with Gasteiger partial charge < -0.3 is 4.74 Å². The van der Waals surface area contributed by atoms with Crippen LogP contribution in [0.5, 0.6) is 0 Å². The average Bonchev–Trinajstić information content (AvgIpc) is 2.65. The molecule has 1 rings (SSSR count). The SMILES string of the molecule is CCn1cc(CC(=O)C(OC)C(C)C)cn1. The molecule has 4 heteroatoms. The lowest BCUT2D eigenvalue weighted by Gasteiger charge is -2.17. The number of aromatic nitrogens is 2. The Labute approximate surface area is 96.6 Å². The number of ether oxygens (including phenoxy) is 1. The lowest BCUT2D eigenvalue weighted by Crippen LogP contribution is -2.29. The highest BCUT2D eigenvalue weighted by atomic mass is 16.5. The minimum absolute atomic E-state index is 0.119. The van der Waals surface area contributed by atoms with Gasteiger partial charge in [0.05, 0.1) is 6.20 Å². The molecule has 0 aromatic carbocycles. The minimum Gasteiger partial charge on any atom is -0.373 e. The minimum atomic E-state index is -0.315. The van der Waals surface area contributed by atoms with Crippen molar-refractivity contribution in [2.75, 3.05) is 7.11 Å². The zero-order valence-electron chi connectivity index (χ0n) is 10.4. The number of hydrogen-bond donors (Lipinski definition) is 0. The van der Waals surface area contributed by atoms with Gasteiger partial charge in [0.25, 0.3) is 0 Å². The van der Waals surface area contributed by atoms with Gasteiger partial charge in [0.2, 0.25) is 0 Å². The van der Waals surface area contributed by atoms with Crippen LogP contribution in [0.25, 0.3) is 0 Å². The van der Waals surface area contributed by atoms with Crippen molar-refractivity contribution in [3.63, 3.8) is 0 Å². The zero-order chi connectivity index (χ0) is 12.1. The third-order valence-corrected chi connectivity index (χ3v) is 2.57. The van der Waals surface area contributed by atoms with E-state index in [1.165, 1.54) is 0 Å². The van der Waals surface area contributed by atoms with Crippen LogP contribution in [-0.4, -0.2) is 28.8 Å². The Hall–Kier alpha value is -1.16. The molecule has 0 radical (unpaired) electrons. The van der Waals surface area contributed by atoms with E-state index >= 15 is 0 Å². The van der Waals surface area contributed by atoms with Crippen LogP contribution in [0.15, 0.2) is 12.4 Å². The van der Waals surface area contributed by atoms with Crippen LogP contribution in [0.4, 0.5) is 0 Å². The Morgan fingerprint density at radius 2 is 2.25 bits per heavy atom. The van der Waals surface area contributed by atoms with Gasteiger partial charge >= 0.3 is 0 Å². The molecule has 0 saturated heterocycles. The molecule has 90 valence electrons. The molecule has 0 bridgehead atoms. The van der Waals surface area contributed by atoms with Gasteiger partial charge in [-0.15, -0.1) is 0 Å². The van der Waals surface area contributed by atoms with E-state index in [4.69, 9.17) is 4.74 Å². The van der Waals surface area contributed by atoms with Crippen molar-refractivity contribution in [2.24, 2.45) is 5.92 Å². The number of aryl methyl sites for hydroxylation is 1. The fourth-order valence-corrected chi connectivity index (χ4v) is 1.75. The number of rotatable bonds is 6. The Morgan fingerprint density at radius 1 is 1.56 bits per heavy atom. The molecule has 1 unspecified atom stereocenters. The Morgan fingerprint density at radius 3 is 2.69 bits per heavy atom. The first-order valence-electron chi connectivity index (χ1n) is 5.65. The third-order valence-electron chi connectivity index (χ3n) is 2.57. The van der Waals surface area contributed by atoms with Crippen molar-refractivity contribution in [3.8, 4) is 0 Å². The molecule has 1 heterocycles. The van der Waals surface area contributed by atoms with Crippen LogP contribution in [0.3, 0.4) is 0 Å². The van der Waals surface area contributed by atoms with E-state index in [0.717, 1.165) is 12.1 Å². The Bertz CT molecular complexity index is 345. The summed E-state index contributed by atoms with van der Waals surface area (Å²) in [5.41, 5.74) is 0.953. The van der Waals surface area contributed by atoms with Gasteiger partial charge in [-0.25, -0.2) is 0 Å². The molecular weight excluding hydrogens is 204 g/mol. The largest absolute Gasteiger partial charge is 0.373 e. The molecule has 1 aromatic rings. The normalized spacial score (nSPS) is 13.1. The van der Waals surface area contributed by atoms with Crippen LogP contribution in [-0.2, 0) is 22.5 Å². The smallest absolute Gasteiger partial charge is 0.166 e. The van der Waals surface area contributed by atoms with E-state index in [9.17, 15) is 4.79 Å². The molecule has 4 nitrogen and oxygen atoms in total. The number of carbonyl (C=O) groups excluding carboxylic acids is 1. The van der Waals surface area contributed by atoms with Gasteiger partial charge in [-0.2, -0.15) is 5.10 Å². The Kier molecular flexibility index (Phi) is 4.68. The van der Waals surface area contributed by atoms with Crippen molar-refractivity contribution < 1.29 is 9.53 Å². The van der Waals surface area contributed by atoms with E-state index < -0.39 is 0 Å². The van der Waals surface area contributed by atoms with Crippen molar-refractivity contribution in [1.82, 2.24) is 9.78 Å². The number of methoxy groups -OCH3 is 1. The number of hydrogen-bond acceptors (Lipinski definition) is 3. The third kappa shape index (κ3) is 3.17. The van der Waals surface area contributed by atoms with E-state index in [1.54, 1.807) is 13.3 Å². The summed E-state index contributed by atoms with van der Waals surface area (Å²) >= 11 is 0. The summed E-state index contributed by atoms with van der Waals surface area (Å²) in [5.74, 6) is 0.326. The van der Waals surface area contributed by atoms with Crippen molar-refractivity contribution >= 4 is 5.78 Å². The molecule has 0 aliphatic carbocycles.